The van der Waals surface area contributed by atoms with Gasteiger partial charge in [0.1, 0.15) is 24.2 Å². The van der Waals surface area contributed by atoms with Gasteiger partial charge in [0.25, 0.3) is 0 Å². The fourth-order valence-electron chi connectivity index (χ4n) is 4.82. The first-order chi connectivity index (χ1) is 25.7. The molecular formula is C41H44Cl3N7O2. The fourth-order valence-corrected chi connectivity index (χ4v) is 5.53. The van der Waals surface area contributed by atoms with Gasteiger partial charge in [0.2, 0.25) is 11.8 Å². The fraction of sp³-hybridized carbons (Fsp3) is 0.268. The Morgan fingerprint density at radius 2 is 1.00 bits per heavy atom. The molecule has 0 fully saturated rings. The third-order valence-electron chi connectivity index (χ3n) is 7.82. The van der Waals surface area contributed by atoms with Gasteiger partial charge in [-0.2, -0.15) is 0 Å². The van der Waals surface area contributed by atoms with Crippen LogP contribution in [-0.4, -0.2) is 36.4 Å². The van der Waals surface area contributed by atoms with Crippen molar-refractivity contribution in [3.05, 3.63) is 152 Å². The average molecular weight is 773 g/mol. The molecule has 0 saturated heterocycles. The molecule has 12 heteroatoms. The lowest BCUT2D eigenvalue weighted by Gasteiger charge is -2.07. The average Bonchev–Trinajstić information content (AvgIpc) is 3.17. The summed E-state index contributed by atoms with van der Waals surface area (Å²) in [4.78, 5) is 24.8. The van der Waals surface area contributed by atoms with Gasteiger partial charge in [-0.3, -0.25) is 0 Å². The first-order valence-corrected chi connectivity index (χ1v) is 18.5. The zero-order valence-corrected chi connectivity index (χ0v) is 32.7. The number of aryl methyl sites for hydroxylation is 6. The van der Waals surface area contributed by atoms with E-state index in [-0.39, 0.29) is 0 Å². The lowest BCUT2D eigenvalue weighted by Crippen LogP contribution is -2.02. The molecule has 0 amide bonds. The number of benzene rings is 2. The molecule has 0 unspecified atom stereocenters. The molecule has 6 aromatic rings. The monoisotopic (exact) mass is 771 g/mol. The maximum Gasteiger partial charge on any atom is 0.219 e. The van der Waals surface area contributed by atoms with Crippen LogP contribution in [0.25, 0.3) is 0 Å². The SMILES string of the molecule is CCc1ncnc(CCCc2ccc(Oc3ccc(C)cc3)nc2)c1Cl.CCc1ncnc(Cl)c1Cl.Cc1ccc(Oc2ccc(CCN)cn2)cc1. The van der Waals surface area contributed by atoms with Gasteiger partial charge in [0.15, 0.2) is 5.15 Å². The van der Waals surface area contributed by atoms with Crippen molar-refractivity contribution < 1.29 is 9.47 Å². The molecule has 0 radical (unpaired) electrons. The predicted molar refractivity (Wildman–Crippen MR) is 214 cm³/mol. The number of aromatic nitrogens is 6. The Kier molecular flexibility index (Phi) is 16.9. The Hall–Kier alpha value is -4.67. The smallest absolute Gasteiger partial charge is 0.219 e. The Balaban J connectivity index is 0.000000198. The van der Waals surface area contributed by atoms with Crippen LogP contribution in [0.5, 0.6) is 23.3 Å². The highest BCUT2D eigenvalue weighted by Crippen LogP contribution is 2.23. The number of nitrogens with two attached hydrogens (primary N) is 1. The molecular weight excluding hydrogens is 729 g/mol. The minimum atomic E-state index is 0.327. The van der Waals surface area contributed by atoms with Crippen molar-refractivity contribution >= 4 is 34.8 Å². The molecule has 53 heavy (non-hydrogen) atoms. The van der Waals surface area contributed by atoms with Crippen LogP contribution in [0.2, 0.25) is 15.2 Å². The van der Waals surface area contributed by atoms with Gasteiger partial charge in [-0.1, -0.05) is 96.2 Å². The number of halogens is 3. The molecule has 0 aliphatic carbocycles. The van der Waals surface area contributed by atoms with E-state index in [1.54, 1.807) is 12.5 Å². The second-order valence-corrected chi connectivity index (χ2v) is 13.1. The van der Waals surface area contributed by atoms with Gasteiger partial charge in [0.05, 0.1) is 27.1 Å². The molecule has 4 heterocycles. The number of nitrogens with zero attached hydrogens (tertiary/aromatic N) is 6. The number of hydrogen-bond donors (Lipinski definition) is 1. The number of ether oxygens (including phenoxy) is 2. The summed E-state index contributed by atoms with van der Waals surface area (Å²) in [6.45, 7) is 8.74. The van der Waals surface area contributed by atoms with E-state index in [4.69, 9.17) is 50.0 Å². The quantitative estimate of drug-likeness (QED) is 0.121. The minimum absolute atomic E-state index is 0.327. The molecule has 0 saturated carbocycles. The van der Waals surface area contributed by atoms with Crippen LogP contribution in [0.3, 0.4) is 0 Å². The summed E-state index contributed by atoms with van der Waals surface area (Å²) in [6.07, 6.45) is 11.8. The van der Waals surface area contributed by atoms with Crippen molar-refractivity contribution in [1.82, 2.24) is 29.9 Å². The van der Waals surface area contributed by atoms with Crippen molar-refractivity contribution in [2.24, 2.45) is 5.73 Å². The molecule has 2 aromatic carbocycles. The summed E-state index contributed by atoms with van der Waals surface area (Å²) in [5.74, 6) is 2.80. The molecule has 2 N–H and O–H groups in total. The second kappa shape index (κ2) is 21.8. The van der Waals surface area contributed by atoms with Crippen molar-refractivity contribution in [2.75, 3.05) is 6.54 Å². The second-order valence-electron chi connectivity index (χ2n) is 11.9. The lowest BCUT2D eigenvalue weighted by atomic mass is 10.1. The summed E-state index contributed by atoms with van der Waals surface area (Å²) in [5.41, 5.74) is 12.8. The van der Waals surface area contributed by atoms with Crippen LogP contribution in [0.1, 0.15) is 59.6 Å². The Morgan fingerprint density at radius 1 is 0.528 bits per heavy atom. The first kappa shape index (κ1) is 41.1. The van der Waals surface area contributed by atoms with E-state index >= 15 is 0 Å². The first-order valence-electron chi connectivity index (χ1n) is 17.4. The summed E-state index contributed by atoms with van der Waals surface area (Å²) in [5, 5.41) is 1.50. The van der Waals surface area contributed by atoms with Crippen molar-refractivity contribution in [3.8, 4) is 23.3 Å². The highest BCUT2D eigenvalue weighted by molar-refractivity contribution is 6.41. The number of rotatable bonds is 12. The van der Waals surface area contributed by atoms with E-state index in [2.05, 4.69) is 42.9 Å². The van der Waals surface area contributed by atoms with Gasteiger partial charge in [-0.05, 0) is 94.3 Å². The largest absolute Gasteiger partial charge is 0.439 e. The summed E-state index contributed by atoms with van der Waals surface area (Å²) in [7, 11) is 0. The van der Waals surface area contributed by atoms with E-state index in [9.17, 15) is 0 Å². The Labute approximate surface area is 327 Å². The van der Waals surface area contributed by atoms with Crippen LogP contribution >= 0.6 is 34.8 Å². The zero-order valence-electron chi connectivity index (χ0n) is 30.4. The van der Waals surface area contributed by atoms with Gasteiger partial charge < -0.3 is 15.2 Å². The molecule has 6 rings (SSSR count). The van der Waals surface area contributed by atoms with Crippen LogP contribution in [0, 0.1) is 13.8 Å². The molecule has 0 aliphatic heterocycles. The van der Waals surface area contributed by atoms with Crippen molar-refractivity contribution in [3.63, 3.8) is 0 Å². The highest BCUT2D eigenvalue weighted by Gasteiger charge is 2.08. The highest BCUT2D eigenvalue weighted by atomic mass is 35.5. The van der Waals surface area contributed by atoms with Gasteiger partial charge in [0, 0.05) is 24.5 Å². The lowest BCUT2D eigenvalue weighted by molar-refractivity contribution is 0.462. The summed E-state index contributed by atoms with van der Waals surface area (Å²) >= 11 is 17.7. The maximum absolute atomic E-state index is 6.34. The molecule has 4 aromatic heterocycles. The van der Waals surface area contributed by atoms with E-state index in [0.29, 0.717) is 33.5 Å². The van der Waals surface area contributed by atoms with Crippen molar-refractivity contribution in [2.45, 2.75) is 66.2 Å². The van der Waals surface area contributed by atoms with Crippen LogP contribution < -0.4 is 15.2 Å². The molecule has 0 aliphatic rings. The number of pyridine rings is 2. The standard InChI is InChI=1S/C21H22ClN3O.C14H16N2O.C6H6Cl2N2/c1-3-18-21(22)19(25-14-24-18)6-4-5-16-9-12-20(23-13-16)26-17-10-7-15(2)8-11-17;1-11-2-5-13(6-3-11)17-14-7-4-12(8-9-15)10-16-14;1-2-4-5(7)6(8)10-3-9-4/h7-14H,3-6H2,1-2H3;2-7,10H,8-9,15H2,1H3;3H,2H2,1H3. The zero-order chi connectivity index (χ0) is 38.0. The van der Waals surface area contributed by atoms with E-state index in [0.717, 1.165) is 72.7 Å². The van der Waals surface area contributed by atoms with E-state index in [1.165, 1.54) is 23.0 Å². The number of hydrogen-bond acceptors (Lipinski definition) is 9. The molecule has 0 atom stereocenters. The molecule has 0 bridgehead atoms. The van der Waals surface area contributed by atoms with Crippen LogP contribution in [0.4, 0.5) is 0 Å². The maximum atomic E-state index is 6.34. The topological polar surface area (TPSA) is 122 Å². The molecule has 276 valence electrons. The summed E-state index contributed by atoms with van der Waals surface area (Å²) < 4.78 is 11.4. The van der Waals surface area contributed by atoms with Gasteiger partial charge in [-0.25, -0.2) is 29.9 Å². The normalized spacial score (nSPS) is 10.4. The Bertz CT molecular complexity index is 1980. The van der Waals surface area contributed by atoms with Gasteiger partial charge >= 0.3 is 0 Å². The predicted octanol–water partition coefficient (Wildman–Crippen LogP) is 10.4. The van der Waals surface area contributed by atoms with E-state index in [1.807, 2.05) is 93.7 Å². The Morgan fingerprint density at radius 3 is 1.45 bits per heavy atom. The van der Waals surface area contributed by atoms with E-state index < -0.39 is 0 Å². The van der Waals surface area contributed by atoms with Crippen LogP contribution in [0.15, 0.2) is 97.8 Å². The molecule has 0 spiro atoms. The summed E-state index contributed by atoms with van der Waals surface area (Å²) in [6, 6.07) is 23.6. The van der Waals surface area contributed by atoms with Gasteiger partial charge in [-0.15, -0.1) is 0 Å². The minimum Gasteiger partial charge on any atom is -0.439 e. The van der Waals surface area contributed by atoms with Crippen LogP contribution in [-0.2, 0) is 32.1 Å². The van der Waals surface area contributed by atoms with Crippen molar-refractivity contribution in [1.29, 1.82) is 0 Å². The molecule has 9 nitrogen and oxygen atoms in total. The third-order valence-corrected chi connectivity index (χ3v) is 9.03. The third kappa shape index (κ3) is 13.7.